The molecule has 4 heteroatoms. The Labute approximate surface area is 142 Å². The van der Waals surface area contributed by atoms with Crippen LogP contribution in [0.3, 0.4) is 0 Å². The predicted octanol–water partition coefficient (Wildman–Crippen LogP) is 4.19. The van der Waals surface area contributed by atoms with E-state index in [2.05, 4.69) is 26.1 Å². The summed E-state index contributed by atoms with van der Waals surface area (Å²) in [6.45, 7) is 13.5. The van der Waals surface area contributed by atoms with Crippen molar-refractivity contribution in [2.24, 2.45) is 11.8 Å². The van der Waals surface area contributed by atoms with E-state index >= 15 is 0 Å². The summed E-state index contributed by atoms with van der Waals surface area (Å²) in [6, 6.07) is 1.18. The van der Waals surface area contributed by atoms with E-state index in [0.29, 0.717) is 12.1 Å². The molecule has 4 nitrogen and oxygen atoms in total. The molecule has 1 saturated heterocycles. The second-order valence-corrected chi connectivity index (χ2v) is 8.94. The average molecular weight is 325 g/mol. The quantitative estimate of drug-likeness (QED) is 0.828. The number of likely N-dealkylation sites (tertiary alicyclic amines) is 1. The molecular weight excluding hydrogens is 288 g/mol. The number of amides is 1. The lowest BCUT2D eigenvalue weighted by Crippen LogP contribution is -2.57. The molecule has 0 spiro atoms. The highest BCUT2D eigenvalue weighted by molar-refractivity contribution is 5.68. The zero-order valence-electron chi connectivity index (χ0n) is 15.9. The van der Waals surface area contributed by atoms with Gasteiger partial charge >= 0.3 is 6.09 Å². The number of hydrogen-bond acceptors (Lipinski definition) is 3. The third-order valence-electron chi connectivity index (χ3n) is 5.24. The van der Waals surface area contributed by atoms with Crippen molar-refractivity contribution in [2.75, 3.05) is 6.54 Å². The van der Waals surface area contributed by atoms with Crippen LogP contribution in [0.2, 0.25) is 0 Å². The van der Waals surface area contributed by atoms with Gasteiger partial charge in [-0.2, -0.15) is 0 Å². The van der Waals surface area contributed by atoms with Crippen molar-refractivity contribution in [3.63, 3.8) is 0 Å². The molecule has 2 rings (SSSR count). The van der Waals surface area contributed by atoms with Crippen LogP contribution in [-0.4, -0.2) is 41.3 Å². The number of carbonyl (C=O) groups is 1. The summed E-state index contributed by atoms with van der Waals surface area (Å²) in [5.41, 5.74) is -0.425. The second kappa shape index (κ2) is 7.42. The molecule has 0 aromatic carbocycles. The van der Waals surface area contributed by atoms with E-state index in [1.807, 2.05) is 25.7 Å². The smallest absolute Gasteiger partial charge is 0.410 e. The maximum atomic E-state index is 12.4. The normalized spacial score (nSPS) is 35.9. The van der Waals surface area contributed by atoms with Crippen LogP contribution in [0.15, 0.2) is 0 Å². The van der Waals surface area contributed by atoms with Gasteiger partial charge in [0.15, 0.2) is 0 Å². The fourth-order valence-corrected chi connectivity index (χ4v) is 4.33. The van der Waals surface area contributed by atoms with Crippen LogP contribution in [0.1, 0.15) is 73.6 Å². The molecule has 2 aliphatic rings. The van der Waals surface area contributed by atoms with Crippen LogP contribution in [0, 0.1) is 11.8 Å². The van der Waals surface area contributed by atoms with Crippen molar-refractivity contribution in [3.05, 3.63) is 0 Å². The highest BCUT2D eigenvalue weighted by Gasteiger charge is 2.35. The molecule has 2 fully saturated rings. The van der Waals surface area contributed by atoms with Gasteiger partial charge in [-0.3, -0.25) is 0 Å². The van der Waals surface area contributed by atoms with Gasteiger partial charge in [0.25, 0.3) is 0 Å². The number of nitrogens with zero attached hydrogens (tertiary/aromatic N) is 1. The maximum absolute atomic E-state index is 12.4. The summed E-state index contributed by atoms with van der Waals surface area (Å²) >= 11 is 0. The molecule has 4 unspecified atom stereocenters. The second-order valence-electron chi connectivity index (χ2n) is 8.94. The Balaban J connectivity index is 1.94. The standard InChI is InChI=1S/C19H36N2O2/c1-13-10-14(2)12-16(11-13)20-17-8-7-9-21(15(17)3)18(22)23-19(4,5)6/h13-17,20H,7-12H2,1-6H3. The van der Waals surface area contributed by atoms with Crippen molar-refractivity contribution in [1.82, 2.24) is 10.2 Å². The van der Waals surface area contributed by atoms with Gasteiger partial charge in [0.05, 0.1) is 0 Å². The lowest BCUT2D eigenvalue weighted by Gasteiger charge is -2.43. The number of nitrogens with one attached hydrogen (secondary N) is 1. The first kappa shape index (κ1) is 18.6. The summed E-state index contributed by atoms with van der Waals surface area (Å²) in [4.78, 5) is 14.4. The SMILES string of the molecule is CC1CC(C)CC(NC2CCCN(C(=O)OC(C)(C)C)C2C)C1. The van der Waals surface area contributed by atoms with E-state index in [1.54, 1.807) is 0 Å². The first-order chi connectivity index (χ1) is 10.7. The zero-order chi connectivity index (χ0) is 17.2. The van der Waals surface area contributed by atoms with Crippen molar-refractivity contribution in [1.29, 1.82) is 0 Å². The lowest BCUT2D eigenvalue weighted by atomic mass is 9.80. The van der Waals surface area contributed by atoms with Gasteiger partial charge in [-0.25, -0.2) is 4.79 Å². The minimum Gasteiger partial charge on any atom is -0.444 e. The first-order valence-corrected chi connectivity index (χ1v) is 9.41. The van der Waals surface area contributed by atoms with Crippen LogP contribution < -0.4 is 5.32 Å². The topological polar surface area (TPSA) is 41.6 Å². The Morgan fingerprint density at radius 3 is 2.26 bits per heavy atom. The molecule has 1 aliphatic carbocycles. The number of piperidine rings is 1. The Hall–Kier alpha value is -0.770. The van der Waals surface area contributed by atoms with Gasteiger partial charge in [0.2, 0.25) is 0 Å². The first-order valence-electron chi connectivity index (χ1n) is 9.41. The highest BCUT2D eigenvalue weighted by atomic mass is 16.6. The largest absolute Gasteiger partial charge is 0.444 e. The van der Waals surface area contributed by atoms with E-state index < -0.39 is 5.60 Å². The van der Waals surface area contributed by atoms with Gasteiger partial charge in [0, 0.05) is 24.7 Å². The third kappa shape index (κ3) is 5.37. The summed E-state index contributed by atoms with van der Waals surface area (Å²) in [7, 11) is 0. The number of rotatable bonds is 2. The van der Waals surface area contributed by atoms with Gasteiger partial charge in [0.1, 0.15) is 5.60 Å². The van der Waals surface area contributed by atoms with Gasteiger partial charge in [-0.05, 0) is 71.6 Å². The summed E-state index contributed by atoms with van der Waals surface area (Å²) < 4.78 is 5.58. The van der Waals surface area contributed by atoms with Crippen molar-refractivity contribution in [2.45, 2.75) is 97.4 Å². The van der Waals surface area contributed by atoms with Crippen molar-refractivity contribution < 1.29 is 9.53 Å². The van der Waals surface area contributed by atoms with Crippen LogP contribution in [0.25, 0.3) is 0 Å². The molecule has 1 heterocycles. The molecule has 0 bridgehead atoms. The average Bonchev–Trinajstić information content (AvgIpc) is 2.38. The Morgan fingerprint density at radius 2 is 1.70 bits per heavy atom. The maximum Gasteiger partial charge on any atom is 0.410 e. The molecule has 1 amide bonds. The summed E-state index contributed by atoms with van der Waals surface area (Å²) in [5, 5.41) is 3.87. The Bertz CT molecular complexity index is 395. The molecular formula is C19H36N2O2. The van der Waals surface area contributed by atoms with E-state index in [1.165, 1.54) is 19.3 Å². The minimum absolute atomic E-state index is 0.165. The van der Waals surface area contributed by atoms with E-state index in [0.717, 1.165) is 31.2 Å². The monoisotopic (exact) mass is 324 g/mol. The van der Waals surface area contributed by atoms with E-state index in [9.17, 15) is 4.79 Å². The van der Waals surface area contributed by atoms with Crippen LogP contribution in [-0.2, 0) is 4.74 Å². The molecule has 1 N–H and O–H groups in total. The minimum atomic E-state index is -0.425. The molecule has 4 atom stereocenters. The Morgan fingerprint density at radius 1 is 1.09 bits per heavy atom. The molecule has 0 aromatic heterocycles. The van der Waals surface area contributed by atoms with E-state index in [-0.39, 0.29) is 12.1 Å². The molecule has 1 aliphatic heterocycles. The van der Waals surface area contributed by atoms with Crippen molar-refractivity contribution >= 4 is 6.09 Å². The number of carbonyl (C=O) groups excluding carboxylic acids is 1. The van der Waals surface area contributed by atoms with Gasteiger partial charge in [-0.15, -0.1) is 0 Å². The number of hydrogen-bond donors (Lipinski definition) is 1. The van der Waals surface area contributed by atoms with Crippen LogP contribution >= 0.6 is 0 Å². The molecule has 1 saturated carbocycles. The Kier molecular flexibility index (Phi) is 5.99. The molecule has 0 aromatic rings. The molecule has 134 valence electrons. The van der Waals surface area contributed by atoms with Gasteiger partial charge in [-0.1, -0.05) is 13.8 Å². The van der Waals surface area contributed by atoms with Crippen LogP contribution in [0.5, 0.6) is 0 Å². The van der Waals surface area contributed by atoms with Crippen molar-refractivity contribution in [3.8, 4) is 0 Å². The zero-order valence-corrected chi connectivity index (χ0v) is 15.9. The van der Waals surface area contributed by atoms with Gasteiger partial charge < -0.3 is 15.0 Å². The number of ether oxygens (including phenoxy) is 1. The lowest BCUT2D eigenvalue weighted by molar-refractivity contribution is 0.00548. The fraction of sp³-hybridized carbons (Fsp3) is 0.947. The van der Waals surface area contributed by atoms with Crippen LogP contribution in [0.4, 0.5) is 4.79 Å². The summed E-state index contributed by atoms with van der Waals surface area (Å²) in [6.07, 6.45) is 5.92. The third-order valence-corrected chi connectivity index (χ3v) is 5.24. The molecule has 23 heavy (non-hydrogen) atoms. The fourth-order valence-electron chi connectivity index (χ4n) is 4.33. The van der Waals surface area contributed by atoms with E-state index in [4.69, 9.17) is 4.74 Å². The predicted molar refractivity (Wildman–Crippen MR) is 94.5 cm³/mol. The highest BCUT2D eigenvalue weighted by Crippen LogP contribution is 2.30. The summed E-state index contributed by atoms with van der Waals surface area (Å²) in [5.74, 6) is 1.61. The molecule has 0 radical (unpaired) electrons.